The molecule has 35 heavy (non-hydrogen) atoms. The van der Waals surface area contributed by atoms with Gasteiger partial charge >= 0.3 is 0 Å². The number of aromatic nitrogens is 2. The smallest absolute Gasteiger partial charge is 0.225 e. The van der Waals surface area contributed by atoms with Crippen molar-refractivity contribution in [1.29, 1.82) is 0 Å². The molecule has 7 heteroatoms. The Morgan fingerprint density at radius 3 is 1.91 bits per heavy atom. The van der Waals surface area contributed by atoms with Gasteiger partial charge in [-0.25, -0.2) is 4.98 Å². The number of carbonyl (C=O) groups excluding carboxylic acids is 2. The lowest BCUT2D eigenvalue weighted by molar-refractivity contribution is -0.116. The van der Waals surface area contributed by atoms with Crippen molar-refractivity contribution in [2.45, 2.75) is 32.3 Å². The monoisotopic (exact) mass is 484 g/mol. The Bertz CT molecular complexity index is 1250. The maximum atomic E-state index is 12.4. The normalized spacial score (nSPS) is 10.7. The first-order valence-corrected chi connectivity index (χ1v) is 12.4. The fraction of sp³-hybridized carbons (Fsp3) is 0.179. The minimum atomic E-state index is -0.132. The van der Waals surface area contributed by atoms with E-state index in [1.54, 1.807) is 24.3 Å². The molecule has 0 saturated carbocycles. The van der Waals surface area contributed by atoms with Gasteiger partial charge in [0.05, 0.1) is 11.4 Å². The number of nitrogens with one attached hydrogen (secondary N) is 3. The molecule has 0 fully saturated rings. The van der Waals surface area contributed by atoms with Crippen LogP contribution in [0.25, 0.3) is 22.5 Å². The van der Waals surface area contributed by atoms with Crippen LogP contribution in [0.2, 0.25) is 0 Å². The van der Waals surface area contributed by atoms with E-state index in [9.17, 15) is 9.59 Å². The zero-order valence-corrected chi connectivity index (χ0v) is 20.8. The van der Waals surface area contributed by atoms with Gasteiger partial charge in [-0.1, -0.05) is 71.4 Å². The van der Waals surface area contributed by atoms with Gasteiger partial charge in [-0.05, 0) is 38.1 Å². The van der Waals surface area contributed by atoms with Crippen molar-refractivity contribution in [2.24, 2.45) is 0 Å². The molecule has 0 aliphatic heterocycles. The summed E-state index contributed by atoms with van der Waals surface area (Å²) in [5.41, 5.74) is 7.79. The lowest BCUT2D eigenvalue weighted by Crippen LogP contribution is -2.12. The third-order valence-electron chi connectivity index (χ3n) is 5.40. The summed E-state index contributed by atoms with van der Waals surface area (Å²) >= 11 is 1.52. The predicted molar refractivity (Wildman–Crippen MR) is 144 cm³/mol. The number of anilines is 2. The molecule has 178 valence electrons. The highest BCUT2D eigenvalue weighted by atomic mass is 32.2. The molecule has 2 amide bonds. The summed E-state index contributed by atoms with van der Waals surface area (Å²) in [5.74, 6) is 0.381. The number of benzene rings is 3. The molecular weight excluding hydrogens is 456 g/mol. The molecule has 4 aromatic rings. The second-order valence-corrected chi connectivity index (χ2v) is 9.49. The van der Waals surface area contributed by atoms with Crippen LogP contribution in [0.4, 0.5) is 11.4 Å². The van der Waals surface area contributed by atoms with E-state index in [2.05, 4.69) is 78.0 Å². The number of amides is 2. The minimum Gasteiger partial charge on any atom is -0.332 e. The van der Waals surface area contributed by atoms with Crippen molar-refractivity contribution in [3.8, 4) is 22.5 Å². The molecule has 0 aliphatic rings. The van der Waals surface area contributed by atoms with Crippen LogP contribution in [0.5, 0.6) is 0 Å². The second-order valence-electron chi connectivity index (χ2n) is 8.40. The summed E-state index contributed by atoms with van der Waals surface area (Å²) in [6, 6.07) is 23.8. The van der Waals surface area contributed by atoms with Crippen LogP contribution in [-0.4, -0.2) is 27.5 Å². The van der Waals surface area contributed by atoms with E-state index in [0.29, 0.717) is 23.5 Å². The number of nitrogens with zero attached hydrogens (tertiary/aromatic N) is 1. The molecule has 6 nitrogen and oxygen atoms in total. The highest BCUT2D eigenvalue weighted by Crippen LogP contribution is 2.33. The Kier molecular flexibility index (Phi) is 7.67. The molecule has 1 aromatic heterocycles. The van der Waals surface area contributed by atoms with Crippen molar-refractivity contribution in [3.05, 3.63) is 83.9 Å². The van der Waals surface area contributed by atoms with Gasteiger partial charge in [-0.3, -0.25) is 9.59 Å². The summed E-state index contributed by atoms with van der Waals surface area (Å²) in [6.07, 6.45) is 0.346. The first kappa shape index (κ1) is 24.3. The average Bonchev–Trinajstić information content (AvgIpc) is 3.25. The summed E-state index contributed by atoms with van der Waals surface area (Å²) in [6.45, 7) is 5.60. The molecule has 0 spiro atoms. The first-order chi connectivity index (χ1) is 16.9. The van der Waals surface area contributed by atoms with Crippen molar-refractivity contribution in [1.82, 2.24) is 9.97 Å². The highest BCUT2D eigenvalue weighted by Gasteiger charge is 2.15. The molecule has 3 N–H and O–H groups in total. The molecule has 0 aliphatic carbocycles. The third kappa shape index (κ3) is 6.61. The number of hydrogen-bond donors (Lipinski definition) is 3. The third-order valence-corrected chi connectivity index (χ3v) is 6.28. The highest BCUT2D eigenvalue weighted by molar-refractivity contribution is 7.99. The van der Waals surface area contributed by atoms with Crippen LogP contribution < -0.4 is 10.6 Å². The predicted octanol–water partition coefficient (Wildman–Crippen LogP) is 6.44. The number of aromatic amines is 1. The SMILES string of the molecule is CC(=O)Nc1ccc(NC(=O)CCSc2nc(-c3ccc(C)cc3)c(-c3ccc(C)cc3)[nH]2)cc1. The lowest BCUT2D eigenvalue weighted by atomic mass is 10.0. The fourth-order valence-corrected chi connectivity index (χ4v) is 4.38. The van der Waals surface area contributed by atoms with E-state index >= 15 is 0 Å². The first-order valence-electron chi connectivity index (χ1n) is 11.4. The fourth-order valence-electron chi connectivity index (χ4n) is 3.57. The molecule has 3 aromatic carbocycles. The zero-order chi connectivity index (χ0) is 24.8. The maximum Gasteiger partial charge on any atom is 0.225 e. The van der Waals surface area contributed by atoms with Crippen LogP contribution in [0.1, 0.15) is 24.5 Å². The number of imidazole rings is 1. The summed E-state index contributed by atoms with van der Waals surface area (Å²) in [4.78, 5) is 31.9. The van der Waals surface area contributed by atoms with Gasteiger partial charge in [0.15, 0.2) is 5.16 Å². The maximum absolute atomic E-state index is 12.4. The topological polar surface area (TPSA) is 86.9 Å². The Hall–Kier alpha value is -3.84. The number of rotatable bonds is 8. The molecule has 0 unspecified atom stereocenters. The van der Waals surface area contributed by atoms with Gasteiger partial charge in [0, 0.05) is 41.6 Å². The molecule has 0 bridgehead atoms. The van der Waals surface area contributed by atoms with Crippen molar-refractivity contribution >= 4 is 35.0 Å². The number of carbonyl (C=O) groups is 2. The number of H-pyrrole nitrogens is 1. The van der Waals surface area contributed by atoms with Crippen LogP contribution in [-0.2, 0) is 9.59 Å². The second kappa shape index (κ2) is 11.1. The Labute approximate surface area is 209 Å². The van der Waals surface area contributed by atoms with Crippen LogP contribution in [0.15, 0.2) is 78.0 Å². The Morgan fingerprint density at radius 2 is 1.34 bits per heavy atom. The van der Waals surface area contributed by atoms with Gasteiger partial charge in [-0.15, -0.1) is 0 Å². The minimum absolute atomic E-state index is 0.0751. The number of thioether (sulfide) groups is 1. The van der Waals surface area contributed by atoms with Gasteiger partial charge in [0.2, 0.25) is 11.8 Å². The van der Waals surface area contributed by atoms with Gasteiger partial charge in [0.25, 0.3) is 0 Å². The molecule has 0 atom stereocenters. The van der Waals surface area contributed by atoms with Crippen LogP contribution >= 0.6 is 11.8 Å². The van der Waals surface area contributed by atoms with Crippen LogP contribution in [0.3, 0.4) is 0 Å². The summed E-state index contributed by atoms with van der Waals surface area (Å²) in [7, 11) is 0. The quantitative estimate of drug-likeness (QED) is 0.251. The van der Waals surface area contributed by atoms with Gasteiger partial charge in [0.1, 0.15) is 0 Å². The molecule has 4 rings (SSSR count). The average molecular weight is 485 g/mol. The van der Waals surface area contributed by atoms with E-state index in [1.807, 2.05) is 0 Å². The Balaban J connectivity index is 1.42. The lowest BCUT2D eigenvalue weighted by Gasteiger charge is -2.06. The van der Waals surface area contributed by atoms with E-state index in [-0.39, 0.29) is 11.8 Å². The number of hydrogen-bond acceptors (Lipinski definition) is 4. The van der Waals surface area contributed by atoms with Gasteiger partial charge < -0.3 is 15.6 Å². The van der Waals surface area contributed by atoms with Gasteiger partial charge in [-0.2, -0.15) is 0 Å². The van der Waals surface area contributed by atoms with E-state index < -0.39 is 0 Å². The van der Waals surface area contributed by atoms with E-state index in [1.165, 1.54) is 29.8 Å². The number of aryl methyl sites for hydroxylation is 2. The molecular formula is C28H28N4O2S. The van der Waals surface area contributed by atoms with Crippen molar-refractivity contribution in [3.63, 3.8) is 0 Å². The molecule has 0 radical (unpaired) electrons. The standard InChI is InChI=1S/C28H28N4O2S/c1-18-4-8-21(9-5-18)26-27(22-10-6-19(2)7-11-22)32-28(31-26)35-17-16-25(34)30-24-14-12-23(13-15-24)29-20(3)33/h4-15H,16-17H2,1-3H3,(H,29,33)(H,30,34)(H,31,32). The van der Waals surface area contributed by atoms with Crippen molar-refractivity contribution in [2.75, 3.05) is 16.4 Å². The Morgan fingerprint density at radius 1 is 0.800 bits per heavy atom. The summed E-state index contributed by atoms with van der Waals surface area (Å²) < 4.78 is 0. The summed E-state index contributed by atoms with van der Waals surface area (Å²) in [5, 5.41) is 6.38. The molecule has 1 heterocycles. The van der Waals surface area contributed by atoms with E-state index in [0.717, 1.165) is 27.7 Å². The molecule has 0 saturated heterocycles. The van der Waals surface area contributed by atoms with Crippen LogP contribution in [0, 0.1) is 13.8 Å². The zero-order valence-electron chi connectivity index (χ0n) is 20.0. The largest absolute Gasteiger partial charge is 0.332 e. The van der Waals surface area contributed by atoms with E-state index in [4.69, 9.17) is 4.98 Å². The van der Waals surface area contributed by atoms with Crippen molar-refractivity contribution < 1.29 is 9.59 Å².